The lowest BCUT2D eigenvalue weighted by Crippen LogP contribution is -2.50. The lowest BCUT2D eigenvalue weighted by molar-refractivity contribution is 0.0601. The Morgan fingerprint density at radius 3 is 2.29 bits per heavy atom. The van der Waals surface area contributed by atoms with Gasteiger partial charge in [-0.2, -0.15) is 5.21 Å². The van der Waals surface area contributed by atoms with Gasteiger partial charge in [0.05, 0.1) is 5.54 Å². The average Bonchev–Trinajstić information content (AvgIpc) is 3.36. The Bertz CT molecular complexity index is 1010. The fourth-order valence-electron chi connectivity index (χ4n) is 5.34. The Morgan fingerprint density at radius 2 is 1.76 bits per heavy atom. The number of amides is 3. The van der Waals surface area contributed by atoms with Gasteiger partial charge in [0, 0.05) is 24.2 Å². The summed E-state index contributed by atoms with van der Waals surface area (Å²) in [5, 5.41) is 15.8. The number of benzene rings is 1. The highest BCUT2D eigenvalue weighted by Crippen LogP contribution is 2.47. The van der Waals surface area contributed by atoms with Crippen molar-refractivity contribution >= 4 is 17.9 Å². The van der Waals surface area contributed by atoms with E-state index < -0.39 is 0 Å². The van der Waals surface area contributed by atoms with Gasteiger partial charge in [0.1, 0.15) is 0 Å². The average molecular weight is 468 g/mol. The molecule has 2 aromatic rings. The Labute approximate surface area is 201 Å². The molecule has 1 saturated carbocycles. The Hall–Kier alpha value is -2.97. The number of nitrogens with zero attached hydrogens (tertiary/aromatic N) is 5. The van der Waals surface area contributed by atoms with Crippen LogP contribution >= 0.6 is 0 Å². The quantitative estimate of drug-likeness (QED) is 0.690. The zero-order valence-electron chi connectivity index (χ0n) is 21.2. The standard InChI is InChI=1S/C25H37N7O2/c1-23(2,3)19-11-13-25(14-12-19)16-32(24(4,5)6)22(34)31(25)15-17-7-9-18(10-8-17)20(33)26-21-27-29-30-28-21/h7-10,19H,11-16H2,1-6H3,(H2,26,27,28,29,30,33). The first-order valence-electron chi connectivity index (χ1n) is 12.1. The van der Waals surface area contributed by atoms with Crippen LogP contribution in [0.4, 0.5) is 10.7 Å². The molecule has 2 fully saturated rings. The van der Waals surface area contributed by atoms with Gasteiger partial charge in [-0.3, -0.25) is 10.1 Å². The highest BCUT2D eigenvalue weighted by molar-refractivity contribution is 6.03. The van der Waals surface area contributed by atoms with Crippen LogP contribution in [0.3, 0.4) is 0 Å². The first kappa shape index (κ1) is 24.2. The van der Waals surface area contributed by atoms with Crippen molar-refractivity contribution in [2.45, 2.75) is 84.8 Å². The number of rotatable bonds is 4. The highest BCUT2D eigenvalue weighted by Gasteiger charge is 2.53. The molecule has 0 atom stereocenters. The smallest absolute Gasteiger partial charge is 0.317 e. The maximum atomic E-state index is 13.6. The number of urea groups is 1. The molecule has 0 radical (unpaired) electrons. The van der Waals surface area contributed by atoms with Gasteiger partial charge in [-0.15, -0.1) is 5.10 Å². The fourth-order valence-corrected chi connectivity index (χ4v) is 5.34. The van der Waals surface area contributed by atoms with Gasteiger partial charge in [0.25, 0.3) is 11.9 Å². The predicted molar refractivity (Wildman–Crippen MR) is 130 cm³/mol. The number of hydrogen-bond donors (Lipinski definition) is 2. The van der Waals surface area contributed by atoms with Gasteiger partial charge in [0.15, 0.2) is 0 Å². The van der Waals surface area contributed by atoms with E-state index in [1.165, 1.54) is 0 Å². The molecule has 2 heterocycles. The monoisotopic (exact) mass is 467 g/mol. The second-order valence-corrected chi connectivity index (χ2v) is 11.9. The third-order valence-corrected chi connectivity index (χ3v) is 7.57. The van der Waals surface area contributed by atoms with Crippen LogP contribution in [0.1, 0.15) is 83.1 Å². The van der Waals surface area contributed by atoms with Crippen LogP contribution in [0.25, 0.3) is 0 Å². The van der Waals surface area contributed by atoms with Gasteiger partial charge in [0.2, 0.25) is 0 Å². The molecule has 9 nitrogen and oxygen atoms in total. The molecule has 3 amide bonds. The second kappa shape index (κ2) is 8.67. The van der Waals surface area contributed by atoms with Crippen LogP contribution in [0, 0.1) is 11.3 Å². The molecule has 0 unspecified atom stereocenters. The first-order valence-corrected chi connectivity index (χ1v) is 12.1. The summed E-state index contributed by atoms with van der Waals surface area (Å²) in [5.74, 6) is 0.503. The number of H-pyrrole nitrogens is 1. The Balaban J connectivity index is 1.52. The van der Waals surface area contributed by atoms with Gasteiger partial charge in [-0.05, 0) is 80.7 Å². The summed E-state index contributed by atoms with van der Waals surface area (Å²) in [4.78, 5) is 30.2. The fraction of sp³-hybridized carbons (Fsp3) is 0.640. The summed E-state index contributed by atoms with van der Waals surface area (Å²) >= 11 is 0. The predicted octanol–water partition coefficient (Wildman–Crippen LogP) is 4.46. The van der Waals surface area contributed by atoms with Gasteiger partial charge >= 0.3 is 6.03 Å². The topological polar surface area (TPSA) is 107 Å². The van der Waals surface area contributed by atoms with Crippen LogP contribution in [0.2, 0.25) is 0 Å². The van der Waals surface area contributed by atoms with Crippen molar-refractivity contribution < 1.29 is 9.59 Å². The zero-order chi connectivity index (χ0) is 24.7. The van der Waals surface area contributed by atoms with E-state index in [9.17, 15) is 9.59 Å². The summed E-state index contributed by atoms with van der Waals surface area (Å²) in [7, 11) is 0. The molecule has 2 aliphatic rings. The second-order valence-electron chi connectivity index (χ2n) is 11.9. The van der Waals surface area contributed by atoms with Crippen molar-refractivity contribution in [3.05, 3.63) is 35.4 Å². The lowest BCUT2D eigenvalue weighted by Gasteiger charge is -2.46. The molecular formula is C25H37N7O2. The molecule has 1 aliphatic heterocycles. The van der Waals surface area contributed by atoms with E-state index in [-0.39, 0.29) is 34.4 Å². The normalized spacial score (nSPS) is 23.6. The number of tetrazole rings is 1. The maximum absolute atomic E-state index is 13.6. The summed E-state index contributed by atoms with van der Waals surface area (Å²) in [6, 6.07) is 7.51. The number of nitrogens with one attached hydrogen (secondary N) is 2. The Morgan fingerprint density at radius 1 is 1.12 bits per heavy atom. The number of hydrogen-bond acceptors (Lipinski definition) is 5. The minimum atomic E-state index is -0.305. The van der Waals surface area contributed by atoms with E-state index in [1.807, 2.05) is 17.0 Å². The number of anilines is 1. The molecule has 184 valence electrons. The molecule has 34 heavy (non-hydrogen) atoms. The van der Waals surface area contributed by atoms with E-state index in [4.69, 9.17) is 0 Å². The molecule has 1 aromatic carbocycles. The number of aromatic amines is 1. The van der Waals surface area contributed by atoms with Crippen LogP contribution in [0.5, 0.6) is 0 Å². The number of carbonyl (C=O) groups is 2. The molecule has 1 aromatic heterocycles. The van der Waals surface area contributed by atoms with E-state index in [0.717, 1.165) is 37.8 Å². The van der Waals surface area contributed by atoms with Crippen molar-refractivity contribution in [1.29, 1.82) is 0 Å². The highest BCUT2D eigenvalue weighted by atomic mass is 16.2. The SMILES string of the molecule is CC(C)(C)C1CCC2(CC1)CN(C(C)(C)C)C(=O)N2Cc1ccc(C(=O)Nc2nn[nH]n2)cc1. The third-order valence-electron chi connectivity index (χ3n) is 7.57. The van der Waals surface area contributed by atoms with E-state index in [1.54, 1.807) is 12.1 Å². The molecule has 2 N–H and O–H groups in total. The molecule has 1 spiro atoms. The van der Waals surface area contributed by atoms with Crippen molar-refractivity contribution in [2.24, 2.45) is 11.3 Å². The van der Waals surface area contributed by atoms with E-state index in [0.29, 0.717) is 18.0 Å². The first-order chi connectivity index (χ1) is 15.9. The molecule has 9 heteroatoms. The molecular weight excluding hydrogens is 430 g/mol. The summed E-state index contributed by atoms with van der Waals surface area (Å²) in [6.45, 7) is 14.6. The van der Waals surface area contributed by atoms with Gasteiger partial charge in [-0.25, -0.2) is 4.79 Å². The number of carbonyl (C=O) groups excluding carboxylic acids is 2. The van der Waals surface area contributed by atoms with Crippen molar-refractivity contribution in [3.8, 4) is 0 Å². The minimum Gasteiger partial charge on any atom is -0.317 e. The molecule has 1 aliphatic carbocycles. The van der Waals surface area contributed by atoms with Gasteiger partial charge in [-0.1, -0.05) is 38.0 Å². The third kappa shape index (κ3) is 4.79. The van der Waals surface area contributed by atoms with Crippen LogP contribution in [0.15, 0.2) is 24.3 Å². The molecule has 1 saturated heterocycles. The zero-order valence-corrected chi connectivity index (χ0v) is 21.2. The van der Waals surface area contributed by atoms with Crippen molar-refractivity contribution in [1.82, 2.24) is 30.4 Å². The minimum absolute atomic E-state index is 0.112. The number of aromatic nitrogens is 4. The van der Waals surface area contributed by atoms with E-state index in [2.05, 4.69) is 72.4 Å². The summed E-state index contributed by atoms with van der Waals surface area (Å²) < 4.78 is 0. The lowest BCUT2D eigenvalue weighted by atomic mass is 9.67. The molecule has 4 rings (SSSR count). The largest absolute Gasteiger partial charge is 0.321 e. The van der Waals surface area contributed by atoms with Crippen LogP contribution in [-0.2, 0) is 6.54 Å². The molecule has 0 bridgehead atoms. The Kier molecular flexibility index (Phi) is 6.16. The maximum Gasteiger partial charge on any atom is 0.321 e. The van der Waals surface area contributed by atoms with Crippen LogP contribution in [-0.4, -0.2) is 60.0 Å². The van der Waals surface area contributed by atoms with Crippen LogP contribution < -0.4 is 5.32 Å². The van der Waals surface area contributed by atoms with Crippen molar-refractivity contribution in [2.75, 3.05) is 11.9 Å². The summed E-state index contributed by atoms with van der Waals surface area (Å²) in [5.41, 5.74) is 1.43. The van der Waals surface area contributed by atoms with Crippen molar-refractivity contribution in [3.63, 3.8) is 0 Å². The van der Waals surface area contributed by atoms with E-state index >= 15 is 0 Å². The van der Waals surface area contributed by atoms with Gasteiger partial charge < -0.3 is 9.80 Å². The summed E-state index contributed by atoms with van der Waals surface area (Å²) in [6.07, 6.45) is 4.33.